The SMILES string of the molecule is CO[C@@H]1OC(CO)[C@@H](OC)[C@H](O)C1C. The van der Waals surface area contributed by atoms with Gasteiger partial charge in [-0.15, -0.1) is 0 Å². The van der Waals surface area contributed by atoms with Crippen molar-refractivity contribution >= 4 is 0 Å². The van der Waals surface area contributed by atoms with Gasteiger partial charge in [0.05, 0.1) is 12.7 Å². The molecular formula is C9H18O5. The van der Waals surface area contributed by atoms with Crippen LogP contribution < -0.4 is 0 Å². The van der Waals surface area contributed by atoms with E-state index >= 15 is 0 Å². The van der Waals surface area contributed by atoms with Gasteiger partial charge in [-0.05, 0) is 0 Å². The zero-order valence-electron chi connectivity index (χ0n) is 8.71. The van der Waals surface area contributed by atoms with Crippen LogP contribution in [0.4, 0.5) is 0 Å². The fourth-order valence-electron chi connectivity index (χ4n) is 1.76. The van der Waals surface area contributed by atoms with Crippen molar-refractivity contribution in [2.45, 2.75) is 31.5 Å². The fraction of sp³-hybridized carbons (Fsp3) is 1.00. The van der Waals surface area contributed by atoms with Gasteiger partial charge in [0.1, 0.15) is 12.2 Å². The van der Waals surface area contributed by atoms with Gasteiger partial charge < -0.3 is 24.4 Å². The smallest absolute Gasteiger partial charge is 0.162 e. The van der Waals surface area contributed by atoms with Gasteiger partial charge in [-0.25, -0.2) is 0 Å². The third-order valence-corrected chi connectivity index (χ3v) is 2.66. The number of hydrogen-bond acceptors (Lipinski definition) is 5. The minimum absolute atomic E-state index is 0.173. The van der Waals surface area contributed by atoms with Crippen LogP contribution in [0.25, 0.3) is 0 Å². The fourth-order valence-corrected chi connectivity index (χ4v) is 1.76. The van der Waals surface area contributed by atoms with Crippen molar-refractivity contribution < 1.29 is 24.4 Å². The van der Waals surface area contributed by atoms with Gasteiger partial charge in [-0.2, -0.15) is 0 Å². The van der Waals surface area contributed by atoms with Crippen molar-refractivity contribution in [3.63, 3.8) is 0 Å². The summed E-state index contributed by atoms with van der Waals surface area (Å²) in [6, 6.07) is 0. The zero-order chi connectivity index (χ0) is 10.7. The quantitative estimate of drug-likeness (QED) is 0.643. The predicted octanol–water partition coefficient (Wildman–Crippen LogP) is -0.638. The normalized spacial score (nSPS) is 43.9. The molecule has 1 aliphatic heterocycles. The van der Waals surface area contributed by atoms with Gasteiger partial charge in [0.25, 0.3) is 0 Å². The highest BCUT2D eigenvalue weighted by molar-refractivity contribution is 4.87. The van der Waals surface area contributed by atoms with Crippen molar-refractivity contribution in [1.82, 2.24) is 0 Å². The van der Waals surface area contributed by atoms with E-state index in [1.165, 1.54) is 14.2 Å². The van der Waals surface area contributed by atoms with E-state index in [1.54, 1.807) is 0 Å². The molecule has 1 aliphatic rings. The molecule has 5 heteroatoms. The van der Waals surface area contributed by atoms with Crippen molar-refractivity contribution in [3.8, 4) is 0 Å². The Bertz CT molecular complexity index is 173. The monoisotopic (exact) mass is 206 g/mol. The third-order valence-electron chi connectivity index (χ3n) is 2.66. The first kappa shape index (κ1) is 11.9. The molecule has 0 bridgehead atoms. The van der Waals surface area contributed by atoms with Gasteiger partial charge in [-0.1, -0.05) is 6.92 Å². The van der Waals surface area contributed by atoms with Crippen molar-refractivity contribution in [3.05, 3.63) is 0 Å². The van der Waals surface area contributed by atoms with Crippen LogP contribution in [0.3, 0.4) is 0 Å². The molecule has 14 heavy (non-hydrogen) atoms. The second kappa shape index (κ2) is 5.04. The van der Waals surface area contributed by atoms with E-state index in [-0.39, 0.29) is 12.5 Å². The highest BCUT2D eigenvalue weighted by Crippen LogP contribution is 2.27. The molecule has 1 fully saturated rings. The number of methoxy groups -OCH3 is 2. The molecule has 1 rings (SSSR count). The van der Waals surface area contributed by atoms with Crippen molar-refractivity contribution in [2.75, 3.05) is 20.8 Å². The van der Waals surface area contributed by atoms with Crippen LogP contribution in [0.15, 0.2) is 0 Å². The summed E-state index contributed by atoms with van der Waals surface area (Å²) < 4.78 is 15.5. The molecule has 1 saturated heterocycles. The first-order valence-corrected chi connectivity index (χ1v) is 4.65. The number of rotatable bonds is 3. The summed E-state index contributed by atoms with van der Waals surface area (Å²) >= 11 is 0. The number of aliphatic hydroxyl groups is 2. The van der Waals surface area contributed by atoms with Gasteiger partial charge in [0, 0.05) is 20.1 Å². The van der Waals surface area contributed by atoms with Crippen LogP contribution in [0.2, 0.25) is 0 Å². The van der Waals surface area contributed by atoms with E-state index in [4.69, 9.17) is 19.3 Å². The van der Waals surface area contributed by atoms with Crippen molar-refractivity contribution in [1.29, 1.82) is 0 Å². The lowest BCUT2D eigenvalue weighted by molar-refractivity contribution is -0.279. The number of hydrogen-bond donors (Lipinski definition) is 2. The maximum Gasteiger partial charge on any atom is 0.162 e. The minimum Gasteiger partial charge on any atom is -0.394 e. The van der Waals surface area contributed by atoms with E-state index in [0.29, 0.717) is 0 Å². The average molecular weight is 206 g/mol. The molecule has 1 heterocycles. The van der Waals surface area contributed by atoms with Gasteiger partial charge in [0.15, 0.2) is 6.29 Å². The minimum atomic E-state index is -0.684. The summed E-state index contributed by atoms with van der Waals surface area (Å²) in [7, 11) is 3.00. The lowest BCUT2D eigenvalue weighted by Crippen LogP contribution is -2.55. The molecule has 0 amide bonds. The second-order valence-corrected chi connectivity index (χ2v) is 3.51. The van der Waals surface area contributed by atoms with E-state index in [0.717, 1.165) is 0 Å². The molecule has 0 spiro atoms. The maximum atomic E-state index is 9.84. The van der Waals surface area contributed by atoms with E-state index in [9.17, 15) is 5.11 Å². The van der Waals surface area contributed by atoms with E-state index in [2.05, 4.69) is 0 Å². The van der Waals surface area contributed by atoms with Crippen LogP contribution in [0, 0.1) is 5.92 Å². The Hall–Kier alpha value is -0.200. The summed E-state index contributed by atoms with van der Waals surface area (Å²) in [6.07, 6.45) is -2.21. The molecular weight excluding hydrogens is 188 g/mol. The molecule has 84 valence electrons. The Morgan fingerprint density at radius 2 is 1.93 bits per heavy atom. The maximum absolute atomic E-state index is 9.84. The Kier molecular flexibility index (Phi) is 4.28. The lowest BCUT2D eigenvalue weighted by atomic mass is 9.92. The molecule has 5 nitrogen and oxygen atoms in total. The highest BCUT2D eigenvalue weighted by Gasteiger charge is 2.43. The van der Waals surface area contributed by atoms with Crippen molar-refractivity contribution in [2.24, 2.45) is 5.92 Å². The largest absolute Gasteiger partial charge is 0.394 e. The average Bonchev–Trinajstić information content (AvgIpc) is 2.21. The summed E-state index contributed by atoms with van der Waals surface area (Å²) in [4.78, 5) is 0. The Balaban J connectivity index is 2.71. The first-order valence-electron chi connectivity index (χ1n) is 4.65. The molecule has 2 N–H and O–H groups in total. The Morgan fingerprint density at radius 1 is 1.29 bits per heavy atom. The Labute approximate surface area is 83.6 Å². The molecule has 0 aromatic rings. The molecule has 5 atom stereocenters. The van der Waals surface area contributed by atoms with E-state index < -0.39 is 24.6 Å². The highest BCUT2D eigenvalue weighted by atomic mass is 16.7. The summed E-state index contributed by atoms with van der Waals surface area (Å²) in [5.41, 5.74) is 0. The molecule has 2 unspecified atom stereocenters. The zero-order valence-corrected chi connectivity index (χ0v) is 8.71. The van der Waals surface area contributed by atoms with Gasteiger partial charge in [0.2, 0.25) is 0 Å². The number of aliphatic hydroxyl groups excluding tert-OH is 2. The molecule has 0 aromatic heterocycles. The topological polar surface area (TPSA) is 68.2 Å². The van der Waals surface area contributed by atoms with E-state index in [1.807, 2.05) is 6.92 Å². The summed E-state index contributed by atoms with van der Waals surface area (Å²) in [6.45, 7) is 1.63. The predicted molar refractivity (Wildman–Crippen MR) is 48.7 cm³/mol. The van der Waals surface area contributed by atoms with Crippen LogP contribution in [-0.2, 0) is 14.2 Å². The van der Waals surface area contributed by atoms with Crippen LogP contribution in [0.5, 0.6) is 0 Å². The Morgan fingerprint density at radius 3 is 2.36 bits per heavy atom. The van der Waals surface area contributed by atoms with Gasteiger partial charge >= 0.3 is 0 Å². The standard InChI is InChI=1S/C9H18O5/c1-5-7(11)8(12-2)6(4-10)14-9(5)13-3/h5-11H,4H2,1-3H3/t5?,6?,7-,8-,9-/m1/s1. The van der Waals surface area contributed by atoms with Crippen LogP contribution in [-0.4, -0.2) is 55.6 Å². The summed E-state index contributed by atoms with van der Waals surface area (Å²) in [5, 5.41) is 18.9. The lowest BCUT2D eigenvalue weighted by Gasteiger charge is -2.41. The summed E-state index contributed by atoms with van der Waals surface area (Å²) in [5.74, 6) is -0.173. The first-order chi connectivity index (χ1) is 6.65. The molecule has 0 radical (unpaired) electrons. The van der Waals surface area contributed by atoms with Crippen LogP contribution >= 0.6 is 0 Å². The number of ether oxygens (including phenoxy) is 3. The van der Waals surface area contributed by atoms with Gasteiger partial charge in [-0.3, -0.25) is 0 Å². The van der Waals surface area contributed by atoms with Crippen LogP contribution in [0.1, 0.15) is 6.92 Å². The second-order valence-electron chi connectivity index (χ2n) is 3.51. The molecule has 0 saturated carbocycles. The molecule has 0 aliphatic carbocycles. The molecule has 0 aromatic carbocycles. The third kappa shape index (κ3) is 2.07.